The lowest BCUT2D eigenvalue weighted by Gasteiger charge is -2.30. The van der Waals surface area contributed by atoms with Gasteiger partial charge < -0.3 is 19.7 Å². The van der Waals surface area contributed by atoms with Crippen molar-refractivity contribution in [1.82, 2.24) is 4.98 Å². The van der Waals surface area contributed by atoms with Gasteiger partial charge in [-0.25, -0.2) is 4.98 Å². The summed E-state index contributed by atoms with van der Waals surface area (Å²) in [6.07, 6.45) is 0. The van der Waals surface area contributed by atoms with Crippen LogP contribution in [0.4, 0.5) is 11.6 Å². The van der Waals surface area contributed by atoms with Gasteiger partial charge in [0.05, 0.1) is 29.3 Å². The van der Waals surface area contributed by atoms with Crippen molar-refractivity contribution in [2.75, 3.05) is 50.7 Å². The Labute approximate surface area is 136 Å². The van der Waals surface area contributed by atoms with Gasteiger partial charge in [-0.2, -0.15) is 0 Å². The first-order chi connectivity index (χ1) is 10.0. The lowest BCUT2D eigenvalue weighted by atomic mass is 10.2. The summed E-state index contributed by atoms with van der Waals surface area (Å²) in [5, 5.41) is 4.16. The number of hydrogen-bond acceptors (Lipinski definition) is 5. The minimum atomic E-state index is 0.116. The Hall–Kier alpha value is -0.750. The molecule has 0 aromatic carbocycles. The molecule has 0 bridgehead atoms. The number of anilines is 2. The standard InChI is InChI=1S/C14H23Cl2N3O2/c1-5-17-13-11(15)8-12(16)14(18-13)19(6-7-20-3)10(2)9-21-4/h8,10H,5-7,9H2,1-4H3,(H,17,18). The number of methoxy groups -OCH3 is 2. The van der Waals surface area contributed by atoms with Crippen molar-refractivity contribution in [3.63, 3.8) is 0 Å². The van der Waals surface area contributed by atoms with E-state index in [1.165, 1.54) is 0 Å². The van der Waals surface area contributed by atoms with Gasteiger partial charge in [0.25, 0.3) is 0 Å². The summed E-state index contributed by atoms with van der Waals surface area (Å²) >= 11 is 12.5. The van der Waals surface area contributed by atoms with Crippen LogP contribution < -0.4 is 10.2 Å². The molecule has 1 heterocycles. The van der Waals surface area contributed by atoms with Crippen molar-refractivity contribution in [2.24, 2.45) is 0 Å². The van der Waals surface area contributed by atoms with Crippen molar-refractivity contribution in [1.29, 1.82) is 0 Å². The maximum atomic E-state index is 6.32. The Bertz CT molecular complexity index is 446. The van der Waals surface area contributed by atoms with Crippen LogP contribution >= 0.6 is 23.2 Å². The van der Waals surface area contributed by atoms with Crippen LogP contribution in [-0.2, 0) is 9.47 Å². The van der Waals surface area contributed by atoms with Gasteiger partial charge in [0.2, 0.25) is 0 Å². The Morgan fingerprint density at radius 2 is 2.00 bits per heavy atom. The van der Waals surface area contributed by atoms with E-state index in [1.807, 2.05) is 6.92 Å². The molecule has 0 fully saturated rings. The number of nitrogens with zero attached hydrogens (tertiary/aromatic N) is 2. The molecule has 0 radical (unpaired) electrons. The molecule has 0 saturated carbocycles. The average Bonchev–Trinajstić information content (AvgIpc) is 2.44. The van der Waals surface area contributed by atoms with Crippen LogP contribution in [0, 0.1) is 0 Å². The normalized spacial score (nSPS) is 12.3. The highest BCUT2D eigenvalue weighted by atomic mass is 35.5. The molecule has 0 amide bonds. The first-order valence-corrected chi connectivity index (χ1v) is 7.65. The Morgan fingerprint density at radius 3 is 2.57 bits per heavy atom. The Kier molecular flexibility index (Phi) is 8.11. The largest absolute Gasteiger partial charge is 0.383 e. The maximum absolute atomic E-state index is 6.32. The van der Waals surface area contributed by atoms with Crippen LogP contribution in [-0.4, -0.2) is 51.5 Å². The van der Waals surface area contributed by atoms with Gasteiger partial charge in [-0.15, -0.1) is 0 Å². The van der Waals surface area contributed by atoms with Gasteiger partial charge in [-0.05, 0) is 19.9 Å². The van der Waals surface area contributed by atoms with Crippen LogP contribution in [0.15, 0.2) is 6.07 Å². The lowest BCUT2D eigenvalue weighted by molar-refractivity contribution is 0.170. The zero-order valence-corrected chi connectivity index (χ0v) is 14.5. The zero-order chi connectivity index (χ0) is 15.8. The van der Waals surface area contributed by atoms with E-state index >= 15 is 0 Å². The molecule has 1 unspecified atom stereocenters. The van der Waals surface area contributed by atoms with E-state index in [1.54, 1.807) is 20.3 Å². The van der Waals surface area contributed by atoms with Crippen molar-refractivity contribution in [2.45, 2.75) is 19.9 Å². The minimum Gasteiger partial charge on any atom is -0.383 e. The summed E-state index contributed by atoms with van der Waals surface area (Å²) in [7, 11) is 3.34. The molecule has 0 aliphatic rings. The molecule has 1 aromatic heterocycles. The number of hydrogen-bond donors (Lipinski definition) is 1. The molecule has 1 rings (SSSR count). The number of rotatable bonds is 9. The van der Waals surface area contributed by atoms with Crippen LogP contribution in [0.3, 0.4) is 0 Å². The average molecular weight is 336 g/mol. The van der Waals surface area contributed by atoms with E-state index < -0.39 is 0 Å². The molecule has 0 spiro atoms. The van der Waals surface area contributed by atoms with Crippen molar-refractivity contribution >= 4 is 34.8 Å². The number of aromatic nitrogens is 1. The van der Waals surface area contributed by atoms with Crippen molar-refractivity contribution < 1.29 is 9.47 Å². The van der Waals surface area contributed by atoms with E-state index in [2.05, 4.69) is 22.1 Å². The van der Waals surface area contributed by atoms with Crippen LogP contribution in [0.5, 0.6) is 0 Å². The molecule has 21 heavy (non-hydrogen) atoms. The fraction of sp³-hybridized carbons (Fsp3) is 0.643. The lowest BCUT2D eigenvalue weighted by Crippen LogP contribution is -2.39. The van der Waals surface area contributed by atoms with Gasteiger partial charge >= 0.3 is 0 Å². The molecule has 7 heteroatoms. The first kappa shape index (κ1) is 18.3. The fourth-order valence-corrected chi connectivity index (χ4v) is 2.54. The smallest absolute Gasteiger partial charge is 0.150 e. The number of halogens is 2. The van der Waals surface area contributed by atoms with Crippen LogP contribution in [0.1, 0.15) is 13.8 Å². The van der Waals surface area contributed by atoms with Crippen molar-refractivity contribution in [3.8, 4) is 0 Å². The predicted molar refractivity (Wildman–Crippen MR) is 89.0 cm³/mol. The predicted octanol–water partition coefficient (Wildman–Crippen LogP) is 3.31. The van der Waals surface area contributed by atoms with E-state index in [9.17, 15) is 0 Å². The summed E-state index contributed by atoms with van der Waals surface area (Å²) in [6, 6.07) is 1.83. The molecule has 0 saturated heterocycles. The van der Waals surface area contributed by atoms with Crippen LogP contribution in [0.2, 0.25) is 10.0 Å². The number of pyridine rings is 1. The molecule has 120 valence electrons. The highest BCUT2D eigenvalue weighted by Crippen LogP contribution is 2.32. The summed E-state index contributed by atoms with van der Waals surface area (Å²) in [5.74, 6) is 1.31. The second-order valence-corrected chi connectivity index (χ2v) is 5.46. The molecule has 0 aliphatic heterocycles. The highest BCUT2D eigenvalue weighted by molar-refractivity contribution is 6.37. The SMILES string of the molecule is CCNc1nc(N(CCOC)C(C)COC)c(Cl)cc1Cl. The topological polar surface area (TPSA) is 46.6 Å². The fourth-order valence-electron chi connectivity index (χ4n) is 2.01. The van der Waals surface area contributed by atoms with E-state index in [4.69, 9.17) is 32.7 Å². The molecule has 0 aliphatic carbocycles. The second kappa shape index (κ2) is 9.30. The third-order valence-corrected chi connectivity index (χ3v) is 3.57. The van der Waals surface area contributed by atoms with Gasteiger partial charge in [-0.1, -0.05) is 23.2 Å². The first-order valence-electron chi connectivity index (χ1n) is 6.89. The molecular weight excluding hydrogens is 313 g/mol. The summed E-state index contributed by atoms with van der Waals surface area (Å²) in [6.45, 7) is 6.59. The van der Waals surface area contributed by atoms with Crippen LogP contribution in [0.25, 0.3) is 0 Å². The summed E-state index contributed by atoms with van der Waals surface area (Å²) in [4.78, 5) is 6.62. The summed E-state index contributed by atoms with van der Waals surface area (Å²) < 4.78 is 10.4. The molecule has 1 atom stereocenters. The van der Waals surface area contributed by atoms with E-state index in [0.29, 0.717) is 41.4 Å². The molecular formula is C14H23Cl2N3O2. The molecule has 1 N–H and O–H groups in total. The van der Waals surface area contributed by atoms with Crippen molar-refractivity contribution in [3.05, 3.63) is 16.1 Å². The quantitative estimate of drug-likeness (QED) is 0.750. The molecule has 1 aromatic rings. The number of nitrogens with one attached hydrogen (secondary N) is 1. The third kappa shape index (κ3) is 5.18. The van der Waals surface area contributed by atoms with Gasteiger partial charge in [0.1, 0.15) is 11.6 Å². The van der Waals surface area contributed by atoms with Gasteiger partial charge in [0, 0.05) is 27.3 Å². The Balaban J connectivity index is 3.12. The Morgan fingerprint density at radius 1 is 1.29 bits per heavy atom. The monoisotopic (exact) mass is 335 g/mol. The highest BCUT2D eigenvalue weighted by Gasteiger charge is 2.20. The summed E-state index contributed by atoms with van der Waals surface area (Å²) in [5.41, 5.74) is 0. The minimum absolute atomic E-state index is 0.116. The van der Waals surface area contributed by atoms with E-state index in [-0.39, 0.29) is 6.04 Å². The second-order valence-electron chi connectivity index (χ2n) is 4.65. The zero-order valence-electron chi connectivity index (χ0n) is 12.9. The third-order valence-electron chi connectivity index (χ3n) is 3.00. The van der Waals surface area contributed by atoms with Gasteiger partial charge in [-0.3, -0.25) is 0 Å². The van der Waals surface area contributed by atoms with Gasteiger partial charge in [0.15, 0.2) is 0 Å². The maximum Gasteiger partial charge on any atom is 0.150 e. The molecule has 5 nitrogen and oxygen atoms in total. The van der Waals surface area contributed by atoms with E-state index in [0.717, 1.165) is 6.54 Å². The number of ether oxygens (including phenoxy) is 2.